The molecule has 3 rings (SSSR count). The molecular formula is C20H23F2NO4S. The van der Waals surface area contributed by atoms with Gasteiger partial charge < -0.3 is 9.47 Å². The summed E-state index contributed by atoms with van der Waals surface area (Å²) >= 11 is 0. The van der Waals surface area contributed by atoms with E-state index in [1.54, 1.807) is 12.1 Å². The molecule has 1 aliphatic rings. The van der Waals surface area contributed by atoms with E-state index in [0.717, 1.165) is 37.8 Å². The van der Waals surface area contributed by atoms with Gasteiger partial charge in [0.15, 0.2) is 11.5 Å². The van der Waals surface area contributed by atoms with Gasteiger partial charge in [0, 0.05) is 18.2 Å². The average molecular weight is 411 g/mol. The van der Waals surface area contributed by atoms with Crippen LogP contribution in [0.25, 0.3) is 0 Å². The third kappa shape index (κ3) is 4.28. The summed E-state index contributed by atoms with van der Waals surface area (Å²) in [7, 11) is -1.51. The molecule has 0 amide bonds. The molecule has 0 bridgehead atoms. The van der Waals surface area contributed by atoms with Crippen LogP contribution in [0.2, 0.25) is 0 Å². The lowest BCUT2D eigenvalue weighted by Gasteiger charge is -2.25. The molecule has 2 aromatic rings. The molecule has 0 aromatic heterocycles. The Morgan fingerprint density at radius 3 is 2.14 bits per heavy atom. The minimum absolute atomic E-state index is 0.0587. The van der Waals surface area contributed by atoms with Crippen molar-refractivity contribution in [3.8, 4) is 11.5 Å². The van der Waals surface area contributed by atoms with Gasteiger partial charge in [-0.15, -0.1) is 0 Å². The fourth-order valence-electron chi connectivity index (χ4n) is 3.67. The molecule has 5 nitrogen and oxygen atoms in total. The zero-order valence-electron chi connectivity index (χ0n) is 15.7. The zero-order valence-corrected chi connectivity index (χ0v) is 16.6. The summed E-state index contributed by atoms with van der Waals surface area (Å²) < 4.78 is 66.6. The van der Waals surface area contributed by atoms with Gasteiger partial charge in [0.25, 0.3) is 0 Å². The number of ether oxygens (including phenoxy) is 2. The molecule has 0 saturated heterocycles. The molecule has 1 saturated carbocycles. The molecule has 8 heteroatoms. The highest BCUT2D eigenvalue weighted by molar-refractivity contribution is 7.89. The van der Waals surface area contributed by atoms with Crippen LogP contribution in [-0.4, -0.2) is 22.6 Å². The minimum Gasteiger partial charge on any atom is -0.493 e. The normalized spacial score (nSPS) is 16.1. The Kier molecular flexibility index (Phi) is 6.20. The second kappa shape index (κ2) is 8.45. The summed E-state index contributed by atoms with van der Waals surface area (Å²) in [6.45, 7) is 0. The Labute approximate surface area is 163 Å². The van der Waals surface area contributed by atoms with Gasteiger partial charge in [-0.1, -0.05) is 25.0 Å². The number of nitrogens with one attached hydrogen (secondary N) is 1. The van der Waals surface area contributed by atoms with E-state index in [4.69, 9.17) is 9.47 Å². The summed E-state index contributed by atoms with van der Waals surface area (Å²) in [6.07, 6.45) is 3.68. The summed E-state index contributed by atoms with van der Waals surface area (Å²) in [5, 5.41) is 0. The van der Waals surface area contributed by atoms with E-state index in [2.05, 4.69) is 4.72 Å². The first-order valence-electron chi connectivity index (χ1n) is 9.05. The van der Waals surface area contributed by atoms with Gasteiger partial charge in [-0.05, 0) is 36.5 Å². The van der Waals surface area contributed by atoms with E-state index >= 15 is 0 Å². The van der Waals surface area contributed by atoms with Crippen molar-refractivity contribution in [1.82, 2.24) is 4.72 Å². The monoisotopic (exact) mass is 411 g/mol. The maximum absolute atomic E-state index is 14.5. The fraction of sp³-hybridized carbons (Fsp3) is 0.400. The van der Waals surface area contributed by atoms with Crippen molar-refractivity contribution in [2.24, 2.45) is 5.92 Å². The van der Waals surface area contributed by atoms with Crippen LogP contribution in [0.5, 0.6) is 11.5 Å². The van der Waals surface area contributed by atoms with Crippen molar-refractivity contribution in [2.75, 3.05) is 14.2 Å². The fourth-order valence-corrected chi connectivity index (χ4v) is 5.04. The SMILES string of the molecule is COc1cc(F)c(S(=O)(=O)N[C@H](c2ccc(F)cc2)C2CCCC2)cc1OC. The van der Waals surface area contributed by atoms with Crippen LogP contribution in [0.3, 0.4) is 0 Å². The first-order chi connectivity index (χ1) is 13.4. The van der Waals surface area contributed by atoms with Gasteiger partial charge in [0.1, 0.15) is 16.5 Å². The molecule has 28 heavy (non-hydrogen) atoms. The molecule has 152 valence electrons. The number of halogens is 2. The molecule has 1 fully saturated rings. The summed E-state index contributed by atoms with van der Waals surface area (Å²) in [5.74, 6) is -1.06. The van der Waals surface area contributed by atoms with Crippen molar-refractivity contribution in [1.29, 1.82) is 0 Å². The van der Waals surface area contributed by atoms with Gasteiger partial charge in [-0.3, -0.25) is 0 Å². The maximum Gasteiger partial charge on any atom is 0.244 e. The van der Waals surface area contributed by atoms with Crippen molar-refractivity contribution < 1.29 is 26.7 Å². The van der Waals surface area contributed by atoms with E-state index < -0.39 is 32.6 Å². The second-order valence-corrected chi connectivity index (χ2v) is 8.52. The molecule has 0 heterocycles. The van der Waals surface area contributed by atoms with Gasteiger partial charge in [0.05, 0.1) is 14.2 Å². The number of hydrogen-bond donors (Lipinski definition) is 1. The van der Waals surface area contributed by atoms with Crippen molar-refractivity contribution in [2.45, 2.75) is 36.6 Å². The first kappa shape index (κ1) is 20.5. The molecule has 0 aliphatic heterocycles. The molecule has 1 aliphatic carbocycles. The van der Waals surface area contributed by atoms with Gasteiger partial charge >= 0.3 is 0 Å². The smallest absolute Gasteiger partial charge is 0.244 e. The number of hydrogen-bond acceptors (Lipinski definition) is 4. The summed E-state index contributed by atoms with van der Waals surface area (Å²) in [6, 6.07) is 7.23. The van der Waals surface area contributed by atoms with E-state index in [9.17, 15) is 17.2 Å². The lowest BCUT2D eigenvalue weighted by atomic mass is 9.92. The molecule has 0 spiro atoms. The van der Waals surface area contributed by atoms with E-state index in [1.807, 2.05) is 0 Å². The van der Waals surface area contributed by atoms with Crippen molar-refractivity contribution in [3.05, 3.63) is 53.6 Å². The zero-order chi connectivity index (χ0) is 20.3. The Morgan fingerprint density at radius 2 is 1.57 bits per heavy atom. The van der Waals surface area contributed by atoms with Crippen LogP contribution in [0, 0.1) is 17.6 Å². The molecule has 2 aromatic carbocycles. The molecular weight excluding hydrogens is 388 g/mol. The topological polar surface area (TPSA) is 64.6 Å². The van der Waals surface area contributed by atoms with Crippen LogP contribution < -0.4 is 14.2 Å². The highest BCUT2D eigenvalue weighted by atomic mass is 32.2. The quantitative estimate of drug-likeness (QED) is 0.742. The van der Waals surface area contributed by atoms with Gasteiger partial charge in [0.2, 0.25) is 10.0 Å². The Balaban J connectivity index is 1.98. The first-order valence-corrected chi connectivity index (χ1v) is 10.5. The molecule has 0 unspecified atom stereocenters. The highest BCUT2D eigenvalue weighted by Gasteiger charge is 2.32. The van der Waals surface area contributed by atoms with Gasteiger partial charge in [-0.2, -0.15) is 0 Å². The van der Waals surface area contributed by atoms with Crippen LogP contribution in [0.4, 0.5) is 8.78 Å². The van der Waals surface area contributed by atoms with E-state index in [-0.39, 0.29) is 17.4 Å². The molecule has 1 N–H and O–H groups in total. The largest absolute Gasteiger partial charge is 0.493 e. The summed E-state index contributed by atoms with van der Waals surface area (Å²) in [4.78, 5) is -0.518. The Morgan fingerprint density at radius 1 is 1.00 bits per heavy atom. The maximum atomic E-state index is 14.5. The predicted octanol–water partition coefficient (Wildman–Crippen LogP) is 4.19. The Hall–Kier alpha value is -2.19. The molecule has 0 radical (unpaired) electrons. The average Bonchev–Trinajstić information content (AvgIpc) is 3.21. The standard InChI is InChI=1S/C20H23F2NO4S/c1-26-17-11-16(22)19(12-18(17)27-2)28(24,25)23-20(13-5-3-4-6-13)14-7-9-15(21)10-8-14/h7-13,20,23H,3-6H2,1-2H3/t20-/m0/s1. The lowest BCUT2D eigenvalue weighted by molar-refractivity contribution is 0.350. The Bertz CT molecular complexity index is 926. The van der Waals surface area contributed by atoms with Crippen LogP contribution >= 0.6 is 0 Å². The third-order valence-corrected chi connectivity index (χ3v) is 6.57. The number of benzene rings is 2. The van der Waals surface area contributed by atoms with Crippen molar-refractivity contribution in [3.63, 3.8) is 0 Å². The van der Waals surface area contributed by atoms with E-state index in [0.29, 0.717) is 5.56 Å². The van der Waals surface area contributed by atoms with Gasteiger partial charge in [-0.25, -0.2) is 21.9 Å². The number of rotatable bonds is 7. The third-order valence-electron chi connectivity index (χ3n) is 5.11. The van der Waals surface area contributed by atoms with Crippen LogP contribution in [0.15, 0.2) is 41.3 Å². The highest BCUT2D eigenvalue weighted by Crippen LogP contribution is 2.38. The van der Waals surface area contributed by atoms with Crippen LogP contribution in [0.1, 0.15) is 37.3 Å². The number of methoxy groups -OCH3 is 2. The minimum atomic E-state index is -4.20. The van der Waals surface area contributed by atoms with Crippen molar-refractivity contribution >= 4 is 10.0 Å². The second-order valence-electron chi connectivity index (χ2n) is 6.83. The van der Waals surface area contributed by atoms with Crippen LogP contribution in [-0.2, 0) is 10.0 Å². The number of sulfonamides is 1. The summed E-state index contributed by atoms with van der Waals surface area (Å²) in [5.41, 5.74) is 0.651. The lowest BCUT2D eigenvalue weighted by Crippen LogP contribution is -2.33. The molecule has 1 atom stereocenters. The predicted molar refractivity (Wildman–Crippen MR) is 101 cm³/mol. The van der Waals surface area contributed by atoms with E-state index in [1.165, 1.54) is 26.4 Å².